The second-order valence-electron chi connectivity index (χ2n) is 15.9. The Morgan fingerprint density at radius 2 is 1.45 bits per heavy atom. The summed E-state index contributed by atoms with van der Waals surface area (Å²) in [6.45, 7) is 6.54. The van der Waals surface area contributed by atoms with E-state index in [9.17, 15) is 24.3 Å². The van der Waals surface area contributed by atoms with E-state index in [-0.39, 0.29) is 43.7 Å². The van der Waals surface area contributed by atoms with Crippen LogP contribution in [0.4, 0.5) is 4.79 Å². The molecule has 13 heteroatoms. The number of aliphatic hydroxyl groups is 1. The summed E-state index contributed by atoms with van der Waals surface area (Å²) >= 11 is 1.35. The van der Waals surface area contributed by atoms with Gasteiger partial charge in [0.15, 0.2) is 0 Å². The predicted octanol–water partition coefficient (Wildman–Crippen LogP) is 5.92. The highest BCUT2D eigenvalue weighted by molar-refractivity contribution is 7.09. The van der Waals surface area contributed by atoms with Crippen LogP contribution in [0.2, 0.25) is 0 Å². The van der Waals surface area contributed by atoms with Crippen molar-refractivity contribution in [3.05, 3.63) is 136 Å². The number of fused-ring (bicyclic) bond motifs is 1. The van der Waals surface area contributed by atoms with Crippen LogP contribution in [0.25, 0.3) is 10.8 Å². The molecule has 5 N–H and O–H groups in total. The van der Waals surface area contributed by atoms with Gasteiger partial charge in [0.25, 0.3) is 0 Å². The van der Waals surface area contributed by atoms with E-state index in [1.165, 1.54) is 16.9 Å². The molecule has 316 valence electrons. The number of nitrogens with zero attached hydrogens (tertiary/aromatic N) is 2. The number of rotatable bonds is 19. The van der Waals surface area contributed by atoms with Gasteiger partial charge in [-0.25, -0.2) is 9.78 Å². The van der Waals surface area contributed by atoms with Gasteiger partial charge < -0.3 is 31.1 Å². The van der Waals surface area contributed by atoms with Crippen molar-refractivity contribution >= 4 is 45.9 Å². The Balaban J connectivity index is 1.12. The van der Waals surface area contributed by atoms with Crippen LogP contribution >= 0.6 is 11.3 Å². The smallest absolute Gasteiger partial charge is 0.408 e. The fourth-order valence-corrected chi connectivity index (χ4v) is 8.28. The summed E-state index contributed by atoms with van der Waals surface area (Å²) in [6, 6.07) is 30.1. The fraction of sp³-hybridized carbons (Fsp3) is 0.383. The molecule has 60 heavy (non-hydrogen) atoms. The molecule has 4 atom stereocenters. The van der Waals surface area contributed by atoms with Crippen LogP contribution in [0.5, 0.6) is 0 Å². The van der Waals surface area contributed by atoms with Gasteiger partial charge in [-0.15, -0.1) is 11.3 Å². The number of alkyl carbamates (subject to hydrolysis) is 1. The molecule has 1 unspecified atom stereocenters. The molecule has 0 bridgehead atoms. The number of carbonyl (C=O) groups excluding carboxylic acids is 4. The number of hydrogen-bond donors (Lipinski definition) is 5. The largest absolute Gasteiger partial charge is 0.445 e. The van der Waals surface area contributed by atoms with Gasteiger partial charge in [0, 0.05) is 50.1 Å². The highest BCUT2D eigenvalue weighted by Crippen LogP contribution is 2.21. The first-order chi connectivity index (χ1) is 29.1. The van der Waals surface area contributed by atoms with Crippen molar-refractivity contribution in [1.82, 2.24) is 31.2 Å². The summed E-state index contributed by atoms with van der Waals surface area (Å²) < 4.78 is 5.51. The predicted molar refractivity (Wildman–Crippen MR) is 234 cm³/mol. The number of likely N-dealkylation sites (tertiary alicyclic amines) is 1. The Morgan fingerprint density at radius 1 is 0.800 bits per heavy atom. The van der Waals surface area contributed by atoms with E-state index in [0.717, 1.165) is 54.4 Å². The van der Waals surface area contributed by atoms with Crippen LogP contribution in [0, 0.1) is 5.92 Å². The summed E-state index contributed by atoms with van der Waals surface area (Å²) in [5.74, 6) is -1.33. The molecule has 1 saturated heterocycles. The van der Waals surface area contributed by atoms with Crippen molar-refractivity contribution in [3.8, 4) is 0 Å². The second-order valence-corrected chi connectivity index (χ2v) is 16.9. The molecule has 1 aliphatic rings. The van der Waals surface area contributed by atoms with Crippen molar-refractivity contribution in [2.45, 2.75) is 95.8 Å². The standard InChI is InChI=1S/C47H56N6O6S/c1-32(2)26-39(42(54)29-43(55)49-37-20-23-53(24-21-37)30-33-12-5-3-6-13-33)50-46(57)41(28-44-48-22-25-60-44)51-45(56)40(52-47(58)59-31-34-14-7-4-8-15-34)27-36-18-11-17-35-16-9-10-19-38(35)36/h3-19,22,25,32,37,39-42,54H,20-21,23-24,26-31H2,1-2H3,(H,49,55)(H,50,57)(H,51,56)(H,52,58)/t39-,40-,41?,42-/m0/s1. The first-order valence-corrected chi connectivity index (χ1v) is 21.6. The van der Waals surface area contributed by atoms with Gasteiger partial charge in [-0.3, -0.25) is 19.3 Å². The maximum absolute atomic E-state index is 14.3. The average Bonchev–Trinajstić information content (AvgIpc) is 3.77. The van der Waals surface area contributed by atoms with Gasteiger partial charge in [0.1, 0.15) is 18.7 Å². The van der Waals surface area contributed by atoms with Crippen molar-refractivity contribution in [2.75, 3.05) is 13.1 Å². The lowest BCUT2D eigenvalue weighted by Gasteiger charge is -2.33. The SMILES string of the molecule is CC(C)C[C@H](NC(=O)C(Cc1nccs1)NC(=O)[C@H](Cc1cccc2ccccc12)NC(=O)OCc1ccccc1)[C@@H](O)CC(=O)NC1CCN(Cc2ccccc2)CC1. The van der Waals surface area contributed by atoms with Crippen LogP contribution in [-0.4, -0.2) is 82.2 Å². The number of amides is 4. The number of carbonyl (C=O) groups is 4. The van der Waals surface area contributed by atoms with E-state index >= 15 is 0 Å². The number of ether oxygens (including phenoxy) is 1. The molecule has 5 aromatic rings. The average molecular weight is 833 g/mol. The first-order valence-electron chi connectivity index (χ1n) is 20.8. The lowest BCUT2D eigenvalue weighted by Crippen LogP contribution is -2.57. The number of nitrogens with one attached hydrogen (secondary N) is 4. The third-order valence-corrected chi connectivity index (χ3v) is 11.5. The fourth-order valence-electron chi connectivity index (χ4n) is 7.62. The Bertz CT molecular complexity index is 2120. The summed E-state index contributed by atoms with van der Waals surface area (Å²) in [5.41, 5.74) is 2.87. The van der Waals surface area contributed by atoms with E-state index in [1.54, 1.807) is 11.6 Å². The van der Waals surface area contributed by atoms with E-state index in [1.807, 2.05) is 105 Å². The van der Waals surface area contributed by atoms with Crippen LogP contribution < -0.4 is 21.3 Å². The molecule has 0 spiro atoms. The van der Waals surface area contributed by atoms with E-state index in [2.05, 4.69) is 43.3 Å². The molecule has 4 aromatic carbocycles. The van der Waals surface area contributed by atoms with Crippen LogP contribution in [0.3, 0.4) is 0 Å². The van der Waals surface area contributed by atoms with Gasteiger partial charge >= 0.3 is 6.09 Å². The Morgan fingerprint density at radius 3 is 2.15 bits per heavy atom. The van der Waals surface area contributed by atoms with E-state index in [0.29, 0.717) is 11.4 Å². The van der Waals surface area contributed by atoms with Crippen molar-refractivity contribution in [1.29, 1.82) is 0 Å². The molecule has 6 rings (SSSR count). The van der Waals surface area contributed by atoms with Crippen molar-refractivity contribution in [2.24, 2.45) is 5.92 Å². The highest BCUT2D eigenvalue weighted by atomic mass is 32.1. The Hall–Kier alpha value is -5.63. The number of aliphatic hydroxyl groups excluding tert-OH is 1. The second kappa shape index (κ2) is 22.1. The topological polar surface area (TPSA) is 162 Å². The highest BCUT2D eigenvalue weighted by Gasteiger charge is 2.32. The molecule has 0 aliphatic carbocycles. The number of benzene rings is 4. The molecule has 1 aliphatic heterocycles. The maximum atomic E-state index is 14.3. The summed E-state index contributed by atoms with van der Waals surface area (Å²) in [5, 5.41) is 27.5. The van der Waals surface area contributed by atoms with Crippen molar-refractivity contribution in [3.63, 3.8) is 0 Å². The molecule has 0 radical (unpaired) electrons. The first kappa shape index (κ1) is 43.9. The summed E-state index contributed by atoms with van der Waals surface area (Å²) in [4.78, 5) is 61.8. The molecule has 4 amide bonds. The lowest BCUT2D eigenvalue weighted by molar-refractivity contribution is -0.131. The lowest BCUT2D eigenvalue weighted by atomic mass is 9.96. The van der Waals surface area contributed by atoms with Crippen LogP contribution in [0.1, 0.15) is 61.2 Å². The Labute approximate surface area is 356 Å². The maximum Gasteiger partial charge on any atom is 0.408 e. The van der Waals surface area contributed by atoms with E-state index < -0.39 is 42.1 Å². The number of hydrogen-bond acceptors (Lipinski definition) is 9. The number of piperidine rings is 1. The van der Waals surface area contributed by atoms with Gasteiger partial charge in [0.05, 0.1) is 23.6 Å². The van der Waals surface area contributed by atoms with Gasteiger partial charge in [0.2, 0.25) is 17.7 Å². The summed E-state index contributed by atoms with van der Waals surface area (Å²) in [7, 11) is 0. The molecular formula is C47H56N6O6S. The van der Waals surface area contributed by atoms with Gasteiger partial charge in [-0.1, -0.05) is 117 Å². The van der Waals surface area contributed by atoms with Crippen LogP contribution in [-0.2, 0) is 45.1 Å². The molecule has 2 heterocycles. The third-order valence-electron chi connectivity index (χ3n) is 10.7. The zero-order valence-electron chi connectivity index (χ0n) is 34.3. The van der Waals surface area contributed by atoms with Crippen LogP contribution in [0.15, 0.2) is 115 Å². The van der Waals surface area contributed by atoms with E-state index in [4.69, 9.17) is 4.74 Å². The summed E-state index contributed by atoms with van der Waals surface area (Å²) in [6.07, 6.45) is 1.68. The number of thiazole rings is 1. The Kier molecular flexibility index (Phi) is 16.2. The quantitative estimate of drug-likeness (QED) is 0.0685. The monoisotopic (exact) mass is 832 g/mol. The molecular weight excluding hydrogens is 777 g/mol. The van der Waals surface area contributed by atoms with Gasteiger partial charge in [-0.05, 0) is 52.6 Å². The van der Waals surface area contributed by atoms with Gasteiger partial charge in [-0.2, -0.15) is 0 Å². The number of aromatic nitrogens is 1. The molecule has 1 fully saturated rings. The molecule has 0 saturated carbocycles. The third kappa shape index (κ3) is 13.4. The minimum absolute atomic E-state index is 0.00111. The minimum atomic E-state index is -1.18. The normalized spacial score (nSPS) is 15.4. The zero-order valence-corrected chi connectivity index (χ0v) is 35.1. The molecule has 12 nitrogen and oxygen atoms in total. The molecule has 1 aromatic heterocycles. The zero-order chi connectivity index (χ0) is 42.3. The van der Waals surface area contributed by atoms with Crippen molar-refractivity contribution < 1.29 is 29.0 Å². The minimum Gasteiger partial charge on any atom is -0.445 e.